The molecule has 0 aliphatic carbocycles. The Morgan fingerprint density at radius 3 is 2.94 bits per heavy atom. The lowest BCUT2D eigenvalue weighted by atomic mass is 10.0. The Morgan fingerprint density at radius 2 is 2.41 bits per heavy atom. The van der Waals surface area contributed by atoms with Crippen LogP contribution in [0.5, 0.6) is 0 Å². The van der Waals surface area contributed by atoms with Gasteiger partial charge in [0.1, 0.15) is 11.8 Å². The van der Waals surface area contributed by atoms with Gasteiger partial charge in [-0.3, -0.25) is 4.57 Å². The van der Waals surface area contributed by atoms with E-state index < -0.39 is 23.6 Å². The molecule has 2 N–H and O–H groups in total. The maximum absolute atomic E-state index is 11.7. The molecule has 6 heteroatoms. The van der Waals surface area contributed by atoms with Gasteiger partial charge in [0, 0.05) is 18.3 Å². The van der Waals surface area contributed by atoms with Crippen LogP contribution in [0.2, 0.25) is 0 Å². The van der Waals surface area contributed by atoms with Gasteiger partial charge in [0.15, 0.2) is 0 Å². The number of hydrogen-bond acceptors (Lipinski definition) is 5. The standard InChI is InChI=1S/C11H16N2O4/c1-7-3-4-13(10(16)12-7)9-5-8(15)11(2,6-14)17-9/h3-4,8-9,14-15H,5-6H2,1-2H3/t8-,9+,11+/m0/s1. The van der Waals surface area contributed by atoms with E-state index in [1.807, 2.05) is 0 Å². The SMILES string of the molecule is Cc1ccn([C@H]2C[C@H](O)[C@@](C)(CO)O2)c(=O)n1. The maximum Gasteiger partial charge on any atom is 0.349 e. The van der Waals surface area contributed by atoms with Crippen LogP contribution in [0.25, 0.3) is 0 Å². The number of ether oxygens (including phenoxy) is 1. The Labute approximate surface area is 98.5 Å². The minimum absolute atomic E-state index is 0.266. The van der Waals surface area contributed by atoms with E-state index in [2.05, 4.69) is 4.98 Å². The third kappa shape index (κ3) is 2.11. The fourth-order valence-electron chi connectivity index (χ4n) is 1.91. The minimum atomic E-state index is -1.02. The summed E-state index contributed by atoms with van der Waals surface area (Å²) in [5, 5.41) is 19.0. The van der Waals surface area contributed by atoms with Gasteiger partial charge in [-0.25, -0.2) is 4.79 Å². The average molecular weight is 240 g/mol. The summed E-state index contributed by atoms with van der Waals surface area (Å²) in [4.78, 5) is 15.5. The van der Waals surface area contributed by atoms with Gasteiger partial charge in [-0.2, -0.15) is 4.98 Å². The van der Waals surface area contributed by atoms with E-state index in [1.54, 1.807) is 26.1 Å². The fourth-order valence-corrected chi connectivity index (χ4v) is 1.91. The van der Waals surface area contributed by atoms with Crippen LogP contribution in [-0.2, 0) is 4.74 Å². The normalized spacial score (nSPS) is 32.9. The van der Waals surface area contributed by atoms with Gasteiger partial charge in [-0.05, 0) is 19.9 Å². The summed E-state index contributed by atoms with van der Waals surface area (Å²) >= 11 is 0. The van der Waals surface area contributed by atoms with Crippen LogP contribution >= 0.6 is 0 Å². The van der Waals surface area contributed by atoms with Crippen molar-refractivity contribution < 1.29 is 14.9 Å². The summed E-state index contributed by atoms with van der Waals surface area (Å²) in [6, 6.07) is 1.70. The van der Waals surface area contributed by atoms with Crippen molar-refractivity contribution in [2.24, 2.45) is 0 Å². The second-order valence-corrected chi connectivity index (χ2v) is 4.55. The number of aryl methyl sites for hydroxylation is 1. The molecule has 2 rings (SSSR count). The van der Waals surface area contributed by atoms with E-state index in [1.165, 1.54) is 4.57 Å². The highest BCUT2D eigenvalue weighted by atomic mass is 16.6. The largest absolute Gasteiger partial charge is 0.393 e. The number of rotatable bonds is 2. The molecule has 94 valence electrons. The molecular formula is C11H16N2O4. The lowest BCUT2D eigenvalue weighted by Crippen LogP contribution is -2.39. The summed E-state index contributed by atoms with van der Waals surface area (Å²) in [7, 11) is 0. The molecule has 0 amide bonds. The van der Waals surface area contributed by atoms with Gasteiger partial charge in [-0.1, -0.05) is 0 Å². The first-order valence-electron chi connectivity index (χ1n) is 5.49. The number of aliphatic hydroxyl groups is 2. The topological polar surface area (TPSA) is 84.6 Å². The zero-order valence-corrected chi connectivity index (χ0v) is 9.83. The molecule has 0 unspecified atom stereocenters. The van der Waals surface area contributed by atoms with Gasteiger partial charge in [0.25, 0.3) is 0 Å². The Bertz CT molecular complexity index is 473. The van der Waals surface area contributed by atoms with Gasteiger partial charge in [-0.15, -0.1) is 0 Å². The lowest BCUT2D eigenvalue weighted by Gasteiger charge is -2.24. The second-order valence-electron chi connectivity index (χ2n) is 4.55. The van der Waals surface area contributed by atoms with E-state index in [0.29, 0.717) is 5.69 Å². The zero-order valence-electron chi connectivity index (χ0n) is 9.83. The molecule has 0 spiro atoms. The molecule has 17 heavy (non-hydrogen) atoms. The van der Waals surface area contributed by atoms with E-state index >= 15 is 0 Å². The summed E-state index contributed by atoms with van der Waals surface area (Å²) in [6.07, 6.45) is 0.473. The highest BCUT2D eigenvalue weighted by Crippen LogP contribution is 2.35. The molecule has 0 aromatic carbocycles. The predicted octanol–water partition coefficient (Wildman–Crippen LogP) is -0.417. The van der Waals surface area contributed by atoms with Gasteiger partial charge in [0.05, 0.1) is 12.7 Å². The minimum Gasteiger partial charge on any atom is -0.393 e. The van der Waals surface area contributed by atoms with E-state index in [9.17, 15) is 15.0 Å². The smallest absolute Gasteiger partial charge is 0.349 e. The van der Waals surface area contributed by atoms with Crippen LogP contribution in [0.15, 0.2) is 17.1 Å². The molecule has 2 heterocycles. The first-order chi connectivity index (χ1) is 7.96. The first-order valence-corrected chi connectivity index (χ1v) is 5.49. The van der Waals surface area contributed by atoms with Crippen molar-refractivity contribution in [2.45, 2.75) is 38.2 Å². The average Bonchev–Trinajstić information content (AvgIpc) is 2.56. The van der Waals surface area contributed by atoms with Crippen LogP contribution in [0, 0.1) is 6.92 Å². The monoisotopic (exact) mass is 240 g/mol. The predicted molar refractivity (Wildman–Crippen MR) is 59.5 cm³/mol. The molecule has 1 aliphatic heterocycles. The highest BCUT2D eigenvalue weighted by molar-refractivity contribution is 4.98. The summed E-state index contributed by atoms with van der Waals surface area (Å²) in [5.41, 5.74) is -0.797. The quantitative estimate of drug-likeness (QED) is 0.733. The second kappa shape index (κ2) is 4.21. The molecule has 0 saturated carbocycles. The molecule has 6 nitrogen and oxygen atoms in total. The fraction of sp³-hybridized carbons (Fsp3) is 0.636. The highest BCUT2D eigenvalue weighted by Gasteiger charge is 2.44. The Hall–Kier alpha value is -1.24. The van der Waals surface area contributed by atoms with Crippen molar-refractivity contribution in [3.8, 4) is 0 Å². The van der Waals surface area contributed by atoms with Crippen molar-refractivity contribution in [3.05, 3.63) is 28.4 Å². The molecule has 0 radical (unpaired) electrons. The van der Waals surface area contributed by atoms with Crippen molar-refractivity contribution in [3.63, 3.8) is 0 Å². The summed E-state index contributed by atoms with van der Waals surface area (Å²) in [6.45, 7) is 3.05. The summed E-state index contributed by atoms with van der Waals surface area (Å²) < 4.78 is 6.87. The molecule has 1 saturated heterocycles. The van der Waals surface area contributed by atoms with Gasteiger partial charge in [0.2, 0.25) is 0 Å². The number of aliphatic hydroxyl groups excluding tert-OH is 2. The van der Waals surface area contributed by atoms with Gasteiger partial charge < -0.3 is 14.9 Å². The molecule has 0 bridgehead atoms. The van der Waals surface area contributed by atoms with E-state index in [0.717, 1.165) is 0 Å². The van der Waals surface area contributed by atoms with Crippen LogP contribution in [-0.4, -0.2) is 38.1 Å². The van der Waals surface area contributed by atoms with E-state index in [-0.39, 0.29) is 13.0 Å². The van der Waals surface area contributed by atoms with Crippen LogP contribution in [0.1, 0.15) is 25.3 Å². The zero-order chi connectivity index (χ0) is 12.6. The number of hydrogen-bond donors (Lipinski definition) is 2. The number of aromatic nitrogens is 2. The third-order valence-corrected chi connectivity index (χ3v) is 3.13. The molecule has 1 aromatic rings. The summed E-state index contributed by atoms with van der Waals surface area (Å²) in [5.74, 6) is 0. The van der Waals surface area contributed by atoms with Crippen molar-refractivity contribution >= 4 is 0 Å². The molecular weight excluding hydrogens is 224 g/mol. The van der Waals surface area contributed by atoms with E-state index in [4.69, 9.17) is 4.74 Å². The molecule has 1 aliphatic rings. The van der Waals surface area contributed by atoms with Crippen molar-refractivity contribution in [2.75, 3.05) is 6.61 Å². The Morgan fingerprint density at radius 1 is 1.71 bits per heavy atom. The van der Waals surface area contributed by atoms with Crippen LogP contribution in [0.4, 0.5) is 0 Å². The first kappa shape index (κ1) is 12.2. The van der Waals surface area contributed by atoms with Crippen molar-refractivity contribution in [1.29, 1.82) is 0 Å². The Balaban J connectivity index is 2.29. The molecule has 1 aromatic heterocycles. The van der Waals surface area contributed by atoms with Crippen molar-refractivity contribution in [1.82, 2.24) is 9.55 Å². The lowest BCUT2D eigenvalue weighted by molar-refractivity contribution is -0.116. The Kier molecular flexibility index (Phi) is 3.03. The number of nitrogens with zero attached hydrogens (tertiary/aromatic N) is 2. The van der Waals surface area contributed by atoms with Crippen LogP contribution in [0.3, 0.4) is 0 Å². The molecule has 1 fully saturated rings. The molecule has 3 atom stereocenters. The van der Waals surface area contributed by atoms with Crippen LogP contribution < -0.4 is 5.69 Å². The van der Waals surface area contributed by atoms with Gasteiger partial charge >= 0.3 is 5.69 Å². The maximum atomic E-state index is 11.7. The third-order valence-electron chi connectivity index (χ3n) is 3.13.